The molecule has 2 heterocycles. The van der Waals surface area contributed by atoms with Crippen LogP contribution in [0.25, 0.3) is 0 Å². The molecule has 2 N–H and O–H groups in total. The van der Waals surface area contributed by atoms with E-state index in [2.05, 4.69) is 47.1 Å². The number of rotatable bonds is 3. The van der Waals surface area contributed by atoms with Gasteiger partial charge < -0.3 is 5.73 Å². The van der Waals surface area contributed by atoms with Gasteiger partial charge in [0.2, 0.25) is 0 Å². The highest BCUT2D eigenvalue weighted by Crippen LogP contribution is 2.29. The van der Waals surface area contributed by atoms with E-state index in [4.69, 9.17) is 5.73 Å². The first-order valence-electron chi connectivity index (χ1n) is 8.04. The van der Waals surface area contributed by atoms with Gasteiger partial charge in [-0.25, -0.2) is 0 Å². The largest absolute Gasteiger partial charge is 0.326 e. The highest BCUT2D eigenvalue weighted by Gasteiger charge is 2.33. The lowest BCUT2D eigenvalue weighted by Crippen LogP contribution is -2.57. The summed E-state index contributed by atoms with van der Waals surface area (Å²) in [6.45, 7) is 6.98. The van der Waals surface area contributed by atoms with Crippen molar-refractivity contribution in [3.05, 3.63) is 35.9 Å². The van der Waals surface area contributed by atoms with E-state index in [9.17, 15) is 0 Å². The summed E-state index contributed by atoms with van der Waals surface area (Å²) >= 11 is 0. The zero-order valence-corrected chi connectivity index (χ0v) is 12.5. The van der Waals surface area contributed by atoms with Crippen LogP contribution in [0.1, 0.15) is 37.8 Å². The van der Waals surface area contributed by atoms with Gasteiger partial charge in [-0.15, -0.1) is 0 Å². The van der Waals surface area contributed by atoms with Gasteiger partial charge in [-0.3, -0.25) is 9.80 Å². The molecule has 2 saturated heterocycles. The first-order valence-corrected chi connectivity index (χ1v) is 8.04. The van der Waals surface area contributed by atoms with Crippen molar-refractivity contribution in [1.82, 2.24) is 9.80 Å². The molecule has 2 aliphatic heterocycles. The first kappa shape index (κ1) is 14.1. The Balaban J connectivity index is 1.75. The standard InChI is InChI=1S/C17H27N3/c1-14(18)17(15-7-3-2-4-8-15)20-12-11-19-10-6-5-9-16(19)13-20/h2-4,7-8,14,16-17H,5-6,9-13,18H2,1H3. The molecule has 3 atom stereocenters. The highest BCUT2D eigenvalue weighted by atomic mass is 15.3. The summed E-state index contributed by atoms with van der Waals surface area (Å²) in [7, 11) is 0. The second kappa shape index (κ2) is 6.25. The summed E-state index contributed by atoms with van der Waals surface area (Å²) in [6, 6.07) is 12.1. The molecule has 0 radical (unpaired) electrons. The van der Waals surface area contributed by atoms with Crippen LogP contribution >= 0.6 is 0 Å². The second-order valence-electron chi connectivity index (χ2n) is 6.40. The molecule has 3 nitrogen and oxygen atoms in total. The summed E-state index contributed by atoms with van der Waals surface area (Å²) in [4.78, 5) is 5.30. The Bertz CT molecular complexity index is 418. The molecule has 0 spiro atoms. The number of nitrogens with two attached hydrogens (primary N) is 1. The zero-order valence-electron chi connectivity index (χ0n) is 12.5. The van der Waals surface area contributed by atoms with E-state index in [0.717, 1.165) is 12.6 Å². The molecule has 1 aromatic rings. The van der Waals surface area contributed by atoms with E-state index in [1.807, 2.05) is 0 Å². The average molecular weight is 273 g/mol. The van der Waals surface area contributed by atoms with E-state index in [-0.39, 0.29) is 6.04 Å². The summed E-state index contributed by atoms with van der Waals surface area (Å²) < 4.78 is 0. The molecule has 3 heteroatoms. The lowest BCUT2D eigenvalue weighted by atomic mass is 9.94. The Morgan fingerprint density at radius 3 is 2.65 bits per heavy atom. The van der Waals surface area contributed by atoms with Crippen molar-refractivity contribution >= 4 is 0 Å². The fraction of sp³-hybridized carbons (Fsp3) is 0.647. The van der Waals surface area contributed by atoms with Crippen LogP contribution in [0.5, 0.6) is 0 Å². The molecule has 3 unspecified atom stereocenters. The minimum absolute atomic E-state index is 0.174. The Morgan fingerprint density at radius 2 is 1.90 bits per heavy atom. The number of nitrogens with zero attached hydrogens (tertiary/aromatic N) is 2. The van der Waals surface area contributed by atoms with E-state index >= 15 is 0 Å². The number of piperidine rings is 1. The van der Waals surface area contributed by atoms with E-state index in [1.54, 1.807) is 0 Å². The van der Waals surface area contributed by atoms with Gasteiger partial charge in [0.05, 0.1) is 0 Å². The predicted octanol–water partition coefficient (Wildman–Crippen LogP) is 2.25. The van der Waals surface area contributed by atoms with Crippen molar-refractivity contribution in [3.8, 4) is 0 Å². The van der Waals surface area contributed by atoms with Crippen molar-refractivity contribution in [2.45, 2.75) is 44.3 Å². The Kier molecular flexibility index (Phi) is 4.39. The molecule has 2 aliphatic rings. The molecule has 3 rings (SSSR count). The summed E-state index contributed by atoms with van der Waals surface area (Å²) in [5, 5.41) is 0. The Morgan fingerprint density at radius 1 is 1.10 bits per heavy atom. The van der Waals surface area contributed by atoms with Gasteiger partial charge in [-0.05, 0) is 31.9 Å². The molecule has 0 amide bonds. The number of benzene rings is 1. The molecule has 110 valence electrons. The van der Waals surface area contributed by atoms with Gasteiger partial charge in [-0.1, -0.05) is 36.8 Å². The number of piperazine rings is 1. The smallest absolute Gasteiger partial charge is 0.0497 e. The van der Waals surface area contributed by atoms with Crippen LogP contribution < -0.4 is 5.73 Å². The zero-order chi connectivity index (χ0) is 13.9. The number of hydrogen-bond donors (Lipinski definition) is 1. The van der Waals surface area contributed by atoms with Gasteiger partial charge in [0.1, 0.15) is 0 Å². The summed E-state index contributed by atoms with van der Waals surface area (Å²) in [6.07, 6.45) is 4.13. The first-order chi connectivity index (χ1) is 9.75. The maximum absolute atomic E-state index is 6.31. The normalized spacial score (nSPS) is 27.8. The number of fused-ring (bicyclic) bond motifs is 1. The third-order valence-corrected chi connectivity index (χ3v) is 4.90. The van der Waals surface area contributed by atoms with Crippen LogP contribution in [0, 0.1) is 0 Å². The van der Waals surface area contributed by atoms with Crippen molar-refractivity contribution < 1.29 is 0 Å². The van der Waals surface area contributed by atoms with Crippen molar-refractivity contribution in [2.75, 3.05) is 26.2 Å². The molecule has 0 aromatic heterocycles. The van der Waals surface area contributed by atoms with E-state index in [1.165, 1.54) is 44.5 Å². The maximum Gasteiger partial charge on any atom is 0.0497 e. The van der Waals surface area contributed by atoms with Gasteiger partial charge in [0, 0.05) is 37.8 Å². The monoisotopic (exact) mass is 273 g/mol. The summed E-state index contributed by atoms with van der Waals surface area (Å²) in [5.41, 5.74) is 7.68. The van der Waals surface area contributed by atoms with Crippen LogP contribution in [0.4, 0.5) is 0 Å². The van der Waals surface area contributed by atoms with Gasteiger partial charge in [0.25, 0.3) is 0 Å². The average Bonchev–Trinajstić information content (AvgIpc) is 2.48. The summed E-state index contributed by atoms with van der Waals surface area (Å²) in [5.74, 6) is 0. The SMILES string of the molecule is CC(N)C(c1ccccc1)N1CCN2CCCCC2C1. The van der Waals surface area contributed by atoms with Crippen LogP contribution in [-0.2, 0) is 0 Å². The van der Waals surface area contributed by atoms with Crippen molar-refractivity contribution in [1.29, 1.82) is 0 Å². The fourth-order valence-corrected chi connectivity index (χ4v) is 3.93. The van der Waals surface area contributed by atoms with Crippen molar-refractivity contribution in [3.63, 3.8) is 0 Å². The Labute approximate surface area is 122 Å². The van der Waals surface area contributed by atoms with Crippen LogP contribution in [0.3, 0.4) is 0 Å². The number of hydrogen-bond acceptors (Lipinski definition) is 3. The Hall–Kier alpha value is -0.900. The van der Waals surface area contributed by atoms with Gasteiger partial charge in [-0.2, -0.15) is 0 Å². The van der Waals surface area contributed by atoms with Gasteiger partial charge in [0.15, 0.2) is 0 Å². The third kappa shape index (κ3) is 2.90. The molecule has 0 saturated carbocycles. The lowest BCUT2D eigenvalue weighted by molar-refractivity contribution is 0.0220. The van der Waals surface area contributed by atoms with Crippen molar-refractivity contribution in [2.24, 2.45) is 5.73 Å². The topological polar surface area (TPSA) is 32.5 Å². The quantitative estimate of drug-likeness (QED) is 0.917. The molecular weight excluding hydrogens is 246 g/mol. The molecule has 0 bridgehead atoms. The molecule has 2 fully saturated rings. The molecule has 0 aliphatic carbocycles. The lowest BCUT2D eigenvalue weighted by Gasteiger charge is -2.47. The highest BCUT2D eigenvalue weighted by molar-refractivity contribution is 5.21. The fourth-order valence-electron chi connectivity index (χ4n) is 3.93. The minimum atomic E-state index is 0.174. The molecule has 20 heavy (non-hydrogen) atoms. The maximum atomic E-state index is 6.31. The minimum Gasteiger partial charge on any atom is -0.326 e. The third-order valence-electron chi connectivity index (χ3n) is 4.90. The van der Waals surface area contributed by atoms with Crippen LogP contribution in [-0.4, -0.2) is 48.1 Å². The molecular formula is C17H27N3. The van der Waals surface area contributed by atoms with Crippen LogP contribution in [0.15, 0.2) is 30.3 Å². The second-order valence-corrected chi connectivity index (χ2v) is 6.40. The predicted molar refractivity (Wildman–Crippen MR) is 83.6 cm³/mol. The molecule has 1 aromatic carbocycles. The van der Waals surface area contributed by atoms with E-state index < -0.39 is 0 Å². The van der Waals surface area contributed by atoms with Gasteiger partial charge >= 0.3 is 0 Å². The van der Waals surface area contributed by atoms with E-state index in [0.29, 0.717) is 6.04 Å². The van der Waals surface area contributed by atoms with Crippen LogP contribution in [0.2, 0.25) is 0 Å².